The van der Waals surface area contributed by atoms with E-state index in [-0.39, 0.29) is 0 Å². The Balaban J connectivity index is 2.06. The molecule has 0 bridgehead atoms. The van der Waals surface area contributed by atoms with Gasteiger partial charge in [-0.15, -0.1) is 0 Å². The van der Waals surface area contributed by atoms with E-state index in [9.17, 15) is 4.79 Å². The molecule has 1 heterocycles. The average molecular weight is 393 g/mol. The van der Waals surface area contributed by atoms with E-state index in [0.717, 1.165) is 11.1 Å². The molecule has 2 rings (SSSR count). The van der Waals surface area contributed by atoms with Crippen molar-refractivity contribution < 1.29 is 14.3 Å². The predicted octanol–water partition coefficient (Wildman–Crippen LogP) is 5.08. The maximum Gasteiger partial charge on any atom is 0.412 e. The number of aromatic nitrogens is 1. The number of pyridine rings is 1. The number of ether oxygens (including phenoxy) is 2. The lowest BCUT2D eigenvalue weighted by Crippen LogP contribution is -2.27. The van der Waals surface area contributed by atoms with E-state index in [1.807, 2.05) is 58.0 Å². The molecule has 1 amide bonds. The molecule has 128 valence electrons. The van der Waals surface area contributed by atoms with Gasteiger partial charge in [-0.1, -0.05) is 30.3 Å². The molecule has 2 aromatic rings. The van der Waals surface area contributed by atoms with Crippen molar-refractivity contribution >= 4 is 27.7 Å². The van der Waals surface area contributed by atoms with Crippen molar-refractivity contribution in [2.75, 3.05) is 5.32 Å². The number of nitrogens with zero attached hydrogens (tertiary/aromatic N) is 1. The minimum Gasteiger partial charge on any atom is -0.473 e. The maximum absolute atomic E-state index is 11.9. The van der Waals surface area contributed by atoms with Crippen molar-refractivity contribution in [1.82, 2.24) is 4.98 Å². The third-order valence-corrected chi connectivity index (χ3v) is 3.58. The fraction of sp³-hybridized carbons (Fsp3) is 0.333. The maximum atomic E-state index is 11.9. The van der Waals surface area contributed by atoms with E-state index in [1.54, 1.807) is 6.07 Å². The van der Waals surface area contributed by atoms with Crippen LogP contribution in [0.4, 0.5) is 10.5 Å². The van der Waals surface area contributed by atoms with Gasteiger partial charge in [-0.25, -0.2) is 9.78 Å². The minimum atomic E-state index is -0.558. The molecule has 0 fully saturated rings. The minimum absolute atomic E-state index is 0.431. The zero-order chi connectivity index (χ0) is 17.7. The van der Waals surface area contributed by atoms with Gasteiger partial charge < -0.3 is 9.47 Å². The van der Waals surface area contributed by atoms with Crippen molar-refractivity contribution in [3.8, 4) is 5.88 Å². The highest BCUT2D eigenvalue weighted by molar-refractivity contribution is 9.10. The van der Waals surface area contributed by atoms with Crippen LogP contribution in [0.5, 0.6) is 5.88 Å². The number of hydrogen-bond acceptors (Lipinski definition) is 4. The summed E-state index contributed by atoms with van der Waals surface area (Å²) in [6, 6.07) is 11.7. The first kappa shape index (κ1) is 18.3. The first-order chi connectivity index (χ1) is 11.2. The molecular formula is C18H21BrN2O3. The van der Waals surface area contributed by atoms with Crippen LogP contribution in [0, 0.1) is 6.92 Å². The Morgan fingerprint density at radius 1 is 1.25 bits per heavy atom. The van der Waals surface area contributed by atoms with Crippen LogP contribution < -0.4 is 10.1 Å². The fourth-order valence-corrected chi connectivity index (χ4v) is 2.32. The summed E-state index contributed by atoms with van der Waals surface area (Å²) in [7, 11) is 0. The lowest BCUT2D eigenvalue weighted by atomic mass is 10.2. The number of anilines is 1. The van der Waals surface area contributed by atoms with E-state index in [0.29, 0.717) is 22.8 Å². The predicted molar refractivity (Wildman–Crippen MR) is 97.3 cm³/mol. The topological polar surface area (TPSA) is 60.5 Å². The van der Waals surface area contributed by atoms with Crippen LogP contribution in [0.3, 0.4) is 0 Å². The Hall–Kier alpha value is -2.08. The molecule has 0 aliphatic carbocycles. The normalized spacial score (nSPS) is 11.0. The molecule has 0 atom stereocenters. The van der Waals surface area contributed by atoms with Crippen molar-refractivity contribution in [2.24, 2.45) is 0 Å². The van der Waals surface area contributed by atoms with Crippen LogP contribution in [-0.4, -0.2) is 16.7 Å². The summed E-state index contributed by atoms with van der Waals surface area (Å²) in [6.07, 6.45) is -0.526. The number of benzene rings is 1. The molecular weight excluding hydrogens is 372 g/mol. The number of halogens is 1. The number of nitrogens with one attached hydrogen (secondary N) is 1. The summed E-state index contributed by atoms with van der Waals surface area (Å²) in [5.41, 5.74) is 1.86. The number of carbonyl (C=O) groups excluding carboxylic acids is 1. The van der Waals surface area contributed by atoms with Crippen LogP contribution in [0.1, 0.15) is 31.9 Å². The van der Waals surface area contributed by atoms with Crippen LogP contribution >= 0.6 is 15.9 Å². The largest absolute Gasteiger partial charge is 0.473 e. The number of aryl methyl sites for hydroxylation is 1. The van der Waals surface area contributed by atoms with Gasteiger partial charge in [0.2, 0.25) is 5.88 Å². The SMILES string of the molecule is Cc1cc(NC(=O)OC(C)(C)C)c(Br)nc1OCc1ccccc1. The molecule has 0 aliphatic heterocycles. The van der Waals surface area contributed by atoms with E-state index < -0.39 is 11.7 Å². The molecule has 24 heavy (non-hydrogen) atoms. The molecule has 1 aromatic carbocycles. The van der Waals surface area contributed by atoms with Crippen molar-refractivity contribution in [3.63, 3.8) is 0 Å². The van der Waals surface area contributed by atoms with Crippen LogP contribution in [0.2, 0.25) is 0 Å². The molecule has 0 saturated carbocycles. The smallest absolute Gasteiger partial charge is 0.412 e. The molecule has 6 heteroatoms. The van der Waals surface area contributed by atoms with E-state index >= 15 is 0 Å². The van der Waals surface area contributed by atoms with Gasteiger partial charge >= 0.3 is 6.09 Å². The van der Waals surface area contributed by atoms with Gasteiger partial charge in [-0.3, -0.25) is 5.32 Å². The summed E-state index contributed by atoms with van der Waals surface area (Å²) in [5, 5.41) is 2.68. The second-order valence-corrected chi connectivity index (χ2v) is 7.10. The Morgan fingerprint density at radius 3 is 2.54 bits per heavy atom. The fourth-order valence-electron chi connectivity index (χ4n) is 1.95. The second-order valence-electron chi connectivity index (χ2n) is 6.35. The molecule has 0 unspecified atom stereocenters. The number of rotatable bonds is 4. The Labute approximate surface area is 150 Å². The Bertz CT molecular complexity index is 712. The summed E-state index contributed by atoms with van der Waals surface area (Å²) in [4.78, 5) is 16.2. The highest BCUT2D eigenvalue weighted by atomic mass is 79.9. The zero-order valence-corrected chi connectivity index (χ0v) is 15.8. The van der Waals surface area contributed by atoms with Gasteiger partial charge in [0.05, 0.1) is 5.69 Å². The van der Waals surface area contributed by atoms with Crippen LogP contribution in [0.25, 0.3) is 0 Å². The number of carbonyl (C=O) groups is 1. The second kappa shape index (κ2) is 7.66. The van der Waals surface area contributed by atoms with Crippen LogP contribution in [-0.2, 0) is 11.3 Å². The lowest BCUT2D eigenvalue weighted by Gasteiger charge is -2.20. The zero-order valence-electron chi connectivity index (χ0n) is 14.2. The average Bonchev–Trinajstić information content (AvgIpc) is 2.48. The van der Waals surface area contributed by atoms with Crippen molar-refractivity contribution in [2.45, 2.75) is 39.9 Å². The molecule has 0 spiro atoms. The Kier molecular flexibility index (Phi) is 5.83. The molecule has 0 aliphatic rings. The quantitative estimate of drug-likeness (QED) is 0.736. The first-order valence-electron chi connectivity index (χ1n) is 7.58. The molecule has 0 saturated heterocycles. The standard InChI is InChI=1S/C18H21BrN2O3/c1-12-10-14(20-17(22)24-18(2,3)4)15(19)21-16(12)23-11-13-8-6-5-7-9-13/h5-10H,11H2,1-4H3,(H,20,22). The summed E-state index contributed by atoms with van der Waals surface area (Å²) in [6.45, 7) is 7.74. The Morgan fingerprint density at radius 2 is 1.92 bits per heavy atom. The molecule has 1 N–H and O–H groups in total. The molecule has 0 radical (unpaired) electrons. The van der Waals surface area contributed by atoms with Gasteiger partial charge in [0.25, 0.3) is 0 Å². The number of hydrogen-bond donors (Lipinski definition) is 1. The summed E-state index contributed by atoms with van der Waals surface area (Å²) < 4.78 is 11.5. The van der Waals surface area contributed by atoms with Gasteiger partial charge in [0, 0.05) is 5.56 Å². The highest BCUT2D eigenvalue weighted by Crippen LogP contribution is 2.28. The van der Waals surface area contributed by atoms with E-state index in [1.165, 1.54) is 0 Å². The van der Waals surface area contributed by atoms with Crippen molar-refractivity contribution in [3.05, 3.63) is 52.1 Å². The molecule has 5 nitrogen and oxygen atoms in total. The highest BCUT2D eigenvalue weighted by Gasteiger charge is 2.18. The van der Waals surface area contributed by atoms with E-state index in [2.05, 4.69) is 26.2 Å². The lowest BCUT2D eigenvalue weighted by molar-refractivity contribution is 0.0635. The van der Waals surface area contributed by atoms with E-state index in [4.69, 9.17) is 9.47 Å². The third kappa shape index (κ3) is 5.53. The van der Waals surface area contributed by atoms with Crippen molar-refractivity contribution in [1.29, 1.82) is 0 Å². The molecule has 1 aromatic heterocycles. The number of amides is 1. The first-order valence-corrected chi connectivity index (χ1v) is 8.38. The monoisotopic (exact) mass is 392 g/mol. The van der Waals surface area contributed by atoms with Gasteiger partial charge in [-0.05, 0) is 55.3 Å². The van der Waals surface area contributed by atoms with Gasteiger partial charge in [-0.2, -0.15) is 0 Å². The van der Waals surface area contributed by atoms with Gasteiger partial charge in [0.1, 0.15) is 16.8 Å². The third-order valence-electron chi connectivity index (χ3n) is 2.97. The van der Waals surface area contributed by atoms with Gasteiger partial charge in [0.15, 0.2) is 0 Å². The summed E-state index contributed by atoms with van der Waals surface area (Å²) in [5.74, 6) is 0.514. The summed E-state index contributed by atoms with van der Waals surface area (Å²) >= 11 is 3.35. The van der Waals surface area contributed by atoms with Crippen LogP contribution in [0.15, 0.2) is 41.0 Å².